The first kappa shape index (κ1) is 22.2. The molecule has 3 nitrogen and oxygen atoms in total. The van der Waals surface area contributed by atoms with Crippen molar-refractivity contribution in [2.45, 2.75) is 26.7 Å². The van der Waals surface area contributed by atoms with E-state index in [0.717, 1.165) is 12.8 Å². The van der Waals surface area contributed by atoms with Crippen LogP contribution in [0.3, 0.4) is 0 Å². The second kappa shape index (κ2) is 12.6. The fourth-order valence-corrected chi connectivity index (χ4v) is 1.45. The van der Waals surface area contributed by atoms with Gasteiger partial charge in [0.05, 0.1) is 12.6 Å². The Morgan fingerprint density at radius 2 is 1.55 bits per heavy atom. The molecule has 0 atom stereocenters. The smallest absolute Gasteiger partial charge is 1.00 e. The molecule has 0 unspecified atom stereocenters. The molecule has 0 radical (unpaired) electrons. The Kier molecular flexibility index (Phi) is 14.0. The zero-order valence-electron chi connectivity index (χ0n) is 11.8. The van der Waals surface area contributed by atoms with Crippen LogP contribution >= 0.6 is 11.6 Å². The fourth-order valence-electron chi connectivity index (χ4n) is 1.33. The van der Waals surface area contributed by atoms with Gasteiger partial charge in [-0.3, -0.25) is 0 Å². The van der Waals surface area contributed by atoms with Crippen LogP contribution in [0.25, 0.3) is 5.76 Å². The van der Waals surface area contributed by atoms with Gasteiger partial charge < -0.3 is 31.6 Å². The van der Waals surface area contributed by atoms with Gasteiger partial charge in [0.2, 0.25) is 0 Å². The molecular formula is C14H18BrClMgO3. The van der Waals surface area contributed by atoms with Gasteiger partial charge in [-0.1, -0.05) is 25.4 Å². The molecule has 108 valence electrons. The third-order valence-corrected chi connectivity index (χ3v) is 2.43. The van der Waals surface area contributed by atoms with E-state index < -0.39 is 5.95 Å². The molecule has 1 aromatic rings. The van der Waals surface area contributed by atoms with Crippen LogP contribution in [0.4, 0.5) is 0 Å². The molecule has 0 spiro atoms. The van der Waals surface area contributed by atoms with Gasteiger partial charge in [0.1, 0.15) is 5.76 Å². The number of hydrogen-bond acceptors (Lipinski definition) is 3. The number of ether oxygens (including phenoxy) is 2. The van der Waals surface area contributed by atoms with Crippen molar-refractivity contribution in [1.82, 2.24) is 0 Å². The largest absolute Gasteiger partial charge is 2.00 e. The number of rotatable bonds is 7. The summed E-state index contributed by atoms with van der Waals surface area (Å²) in [6, 6.07) is 6.94. The Balaban J connectivity index is 0. The summed E-state index contributed by atoms with van der Waals surface area (Å²) in [6.07, 6.45) is 1.62. The average Bonchev–Trinajstić information content (AvgIpc) is 2.38. The van der Waals surface area contributed by atoms with Gasteiger partial charge in [0.25, 0.3) is 0 Å². The molecule has 0 bridgehead atoms. The summed E-state index contributed by atoms with van der Waals surface area (Å²) in [7, 11) is 0. The summed E-state index contributed by atoms with van der Waals surface area (Å²) >= 11 is 5.82. The minimum atomic E-state index is -0.423. The minimum absolute atomic E-state index is 0. The van der Waals surface area contributed by atoms with E-state index in [1.54, 1.807) is 24.3 Å². The van der Waals surface area contributed by atoms with E-state index in [1.165, 1.54) is 0 Å². The molecule has 0 N–H and O–H groups in total. The van der Waals surface area contributed by atoms with Crippen LogP contribution in [0.1, 0.15) is 32.3 Å². The molecule has 6 heteroatoms. The van der Waals surface area contributed by atoms with Crippen molar-refractivity contribution in [2.24, 2.45) is 0 Å². The van der Waals surface area contributed by atoms with Crippen molar-refractivity contribution in [3.8, 4) is 0 Å². The van der Waals surface area contributed by atoms with E-state index >= 15 is 0 Å². The number of halogens is 2. The molecule has 20 heavy (non-hydrogen) atoms. The number of hydrogen-bond donors (Lipinski definition) is 0. The van der Waals surface area contributed by atoms with Crippen molar-refractivity contribution < 1.29 is 31.6 Å². The predicted molar refractivity (Wildman–Crippen MR) is 76.6 cm³/mol. The summed E-state index contributed by atoms with van der Waals surface area (Å²) in [5, 5.41) is 12.5. The quantitative estimate of drug-likeness (QED) is 0.491. The normalized spacial score (nSPS) is 10.8. The first-order valence-electron chi connectivity index (χ1n) is 6.11. The van der Waals surface area contributed by atoms with Crippen LogP contribution in [-0.4, -0.2) is 36.3 Å². The molecule has 0 aromatic heterocycles. The first-order valence-corrected chi connectivity index (χ1v) is 6.49. The zero-order valence-corrected chi connectivity index (χ0v) is 15.6. The van der Waals surface area contributed by atoms with Gasteiger partial charge >= 0.3 is 23.1 Å². The maximum absolute atomic E-state index is 11.9. The Morgan fingerprint density at radius 3 is 2.05 bits per heavy atom. The summed E-state index contributed by atoms with van der Waals surface area (Å²) in [6.45, 7) is 4.81. The predicted octanol–water partition coefficient (Wildman–Crippen LogP) is -0.197. The van der Waals surface area contributed by atoms with Gasteiger partial charge in [0.15, 0.2) is 0 Å². The van der Waals surface area contributed by atoms with Crippen LogP contribution < -0.4 is 22.1 Å². The van der Waals surface area contributed by atoms with E-state index in [4.69, 9.17) is 21.1 Å². The molecular weight excluding hydrogens is 356 g/mol. The third-order valence-electron chi connectivity index (χ3n) is 2.18. The van der Waals surface area contributed by atoms with Crippen molar-refractivity contribution in [2.75, 3.05) is 13.2 Å². The Hall–Kier alpha value is -0.104. The Morgan fingerprint density at radius 1 is 1.05 bits per heavy atom. The van der Waals surface area contributed by atoms with E-state index in [-0.39, 0.29) is 45.8 Å². The third kappa shape index (κ3) is 7.62. The van der Waals surface area contributed by atoms with Gasteiger partial charge in [-0.15, -0.1) is 0 Å². The van der Waals surface area contributed by atoms with Gasteiger partial charge in [-0.25, -0.2) is 0 Å². The molecule has 0 amide bonds. The van der Waals surface area contributed by atoms with Crippen molar-refractivity contribution in [3.05, 3.63) is 40.8 Å². The monoisotopic (exact) mass is 372 g/mol. The van der Waals surface area contributed by atoms with E-state index in [9.17, 15) is 5.11 Å². The molecule has 0 heterocycles. The summed E-state index contributed by atoms with van der Waals surface area (Å²) in [5.74, 6) is -0.172. The topological polar surface area (TPSA) is 41.5 Å². The minimum Gasteiger partial charge on any atom is -1.00 e. The molecule has 0 fully saturated rings. The summed E-state index contributed by atoms with van der Waals surface area (Å²) in [5.41, 5.74) is 0.689. The maximum atomic E-state index is 11.9. The first-order chi connectivity index (χ1) is 8.69. The molecule has 0 aliphatic rings. The SMILES string of the molecule is CCCOC([O-])=C(OCCC)c1ccc(Cl)cc1.[Br-].[Mg+2]. The zero-order chi connectivity index (χ0) is 13.4. The van der Waals surface area contributed by atoms with Gasteiger partial charge in [-0.05, 0) is 43.7 Å². The van der Waals surface area contributed by atoms with Crippen LogP contribution in [0.15, 0.2) is 30.2 Å². The van der Waals surface area contributed by atoms with E-state index in [0.29, 0.717) is 23.8 Å². The average molecular weight is 374 g/mol. The second-order valence-corrected chi connectivity index (χ2v) is 4.26. The van der Waals surface area contributed by atoms with Crippen LogP contribution in [0, 0.1) is 0 Å². The van der Waals surface area contributed by atoms with Crippen LogP contribution in [-0.2, 0) is 9.47 Å². The van der Waals surface area contributed by atoms with Crippen molar-refractivity contribution in [3.63, 3.8) is 0 Å². The fraction of sp³-hybridized carbons (Fsp3) is 0.429. The standard InChI is InChI=1S/C14H19ClO3.BrH.Mg/c1-3-9-17-13(14(16)18-10-4-2)11-5-7-12(15)8-6-11;;/h5-8,16H,3-4,9-10H2,1-2H3;1H;/q;;+2/p-2. The van der Waals surface area contributed by atoms with Gasteiger partial charge in [-0.2, -0.15) is 0 Å². The summed E-state index contributed by atoms with van der Waals surface area (Å²) in [4.78, 5) is 0. The van der Waals surface area contributed by atoms with Crippen molar-refractivity contribution in [1.29, 1.82) is 0 Å². The molecule has 1 aromatic carbocycles. The number of benzene rings is 1. The summed E-state index contributed by atoms with van der Waals surface area (Å²) < 4.78 is 10.6. The maximum Gasteiger partial charge on any atom is 2.00 e. The molecule has 0 saturated heterocycles. The van der Waals surface area contributed by atoms with E-state index in [2.05, 4.69) is 0 Å². The van der Waals surface area contributed by atoms with Gasteiger partial charge in [0, 0.05) is 10.6 Å². The van der Waals surface area contributed by atoms with Crippen molar-refractivity contribution >= 4 is 40.4 Å². The molecule has 0 saturated carbocycles. The molecule has 0 aliphatic carbocycles. The van der Waals surface area contributed by atoms with E-state index in [1.807, 2.05) is 13.8 Å². The molecule has 0 aliphatic heterocycles. The van der Waals surface area contributed by atoms with Crippen LogP contribution in [0.2, 0.25) is 5.02 Å². The van der Waals surface area contributed by atoms with Crippen LogP contribution in [0.5, 0.6) is 0 Å². The second-order valence-electron chi connectivity index (χ2n) is 3.82. The Labute approximate surface area is 152 Å². The molecule has 1 rings (SSSR count). The Bertz CT molecular complexity index is 396.